The van der Waals surface area contributed by atoms with Crippen LogP contribution in [0.4, 0.5) is 5.00 Å². The second-order valence-corrected chi connectivity index (χ2v) is 6.88. The Bertz CT molecular complexity index is 632. The Hall–Kier alpha value is -1.89. The van der Waals surface area contributed by atoms with Crippen molar-refractivity contribution in [3.63, 3.8) is 0 Å². The molecule has 1 heterocycles. The summed E-state index contributed by atoms with van der Waals surface area (Å²) in [6, 6.07) is 0. The van der Waals surface area contributed by atoms with Crippen molar-refractivity contribution in [3.8, 4) is 0 Å². The summed E-state index contributed by atoms with van der Waals surface area (Å²) in [5.41, 5.74) is 1.32. The molecule has 124 valence electrons. The van der Waals surface area contributed by atoms with Gasteiger partial charge in [-0.3, -0.25) is 9.59 Å². The van der Waals surface area contributed by atoms with Crippen molar-refractivity contribution in [3.05, 3.63) is 16.5 Å². The molecule has 0 aromatic carbocycles. The van der Waals surface area contributed by atoms with Crippen molar-refractivity contribution >= 4 is 34.1 Å². The van der Waals surface area contributed by atoms with Crippen molar-refractivity contribution < 1.29 is 19.1 Å². The van der Waals surface area contributed by atoms with E-state index in [1.807, 2.05) is 5.38 Å². The van der Waals surface area contributed by atoms with Gasteiger partial charge in [0.25, 0.3) is 0 Å². The van der Waals surface area contributed by atoms with E-state index >= 15 is 0 Å². The van der Waals surface area contributed by atoms with Crippen LogP contribution in [0.5, 0.6) is 0 Å². The summed E-state index contributed by atoms with van der Waals surface area (Å²) in [7, 11) is 0. The largest absolute Gasteiger partial charge is 0.462 e. The molecule has 1 aromatic rings. The third kappa shape index (κ3) is 3.90. The summed E-state index contributed by atoms with van der Waals surface area (Å²) in [4.78, 5) is 36.0. The highest BCUT2D eigenvalue weighted by atomic mass is 32.1. The van der Waals surface area contributed by atoms with Crippen molar-refractivity contribution in [1.29, 1.82) is 0 Å². The Morgan fingerprint density at radius 3 is 2.57 bits per heavy atom. The number of thiophene rings is 1. The van der Waals surface area contributed by atoms with E-state index in [-0.39, 0.29) is 6.61 Å². The van der Waals surface area contributed by atoms with Gasteiger partial charge in [0.1, 0.15) is 5.00 Å². The summed E-state index contributed by atoms with van der Waals surface area (Å²) in [6.07, 6.45) is 4.28. The first-order valence-electron chi connectivity index (χ1n) is 7.97. The standard InChI is InChI=1S/C16H20N2O4S/c1-2-22-16(21)12-11(10-5-6-10)8-23-15(12)18-14(20)13(19)17-7-9-3-4-9/h8-10H,2-7H2,1H3,(H,17,19)(H,18,20). The maximum Gasteiger partial charge on any atom is 0.341 e. The van der Waals surface area contributed by atoms with Crippen LogP contribution in [0.25, 0.3) is 0 Å². The fourth-order valence-electron chi connectivity index (χ4n) is 2.37. The molecule has 23 heavy (non-hydrogen) atoms. The normalized spacial score (nSPS) is 16.7. The Kier molecular flexibility index (Phi) is 4.66. The molecule has 1 aromatic heterocycles. The van der Waals surface area contributed by atoms with E-state index in [9.17, 15) is 14.4 Å². The number of esters is 1. The number of ether oxygens (including phenoxy) is 1. The summed E-state index contributed by atoms with van der Waals surface area (Å²) >= 11 is 1.27. The van der Waals surface area contributed by atoms with Crippen molar-refractivity contribution in [2.45, 2.75) is 38.5 Å². The topological polar surface area (TPSA) is 84.5 Å². The van der Waals surface area contributed by atoms with E-state index in [0.717, 1.165) is 31.2 Å². The van der Waals surface area contributed by atoms with Crippen LogP contribution in [-0.4, -0.2) is 30.9 Å². The lowest BCUT2D eigenvalue weighted by molar-refractivity contribution is -0.136. The van der Waals surface area contributed by atoms with Crippen LogP contribution in [0.15, 0.2) is 5.38 Å². The van der Waals surface area contributed by atoms with Gasteiger partial charge in [-0.2, -0.15) is 0 Å². The molecule has 2 saturated carbocycles. The molecule has 0 aliphatic heterocycles. The fourth-order valence-corrected chi connectivity index (χ4v) is 3.40. The number of amides is 2. The molecule has 2 N–H and O–H groups in total. The Morgan fingerprint density at radius 2 is 1.96 bits per heavy atom. The van der Waals surface area contributed by atoms with Crippen LogP contribution >= 0.6 is 11.3 Å². The highest BCUT2D eigenvalue weighted by molar-refractivity contribution is 7.15. The lowest BCUT2D eigenvalue weighted by Crippen LogP contribution is -2.36. The molecule has 0 bridgehead atoms. The zero-order valence-corrected chi connectivity index (χ0v) is 13.8. The molecule has 2 fully saturated rings. The van der Waals surface area contributed by atoms with Crippen LogP contribution in [0, 0.1) is 5.92 Å². The van der Waals surface area contributed by atoms with Gasteiger partial charge in [-0.05, 0) is 55.4 Å². The SMILES string of the molecule is CCOC(=O)c1c(C2CC2)csc1NC(=O)C(=O)NCC1CC1. The highest BCUT2D eigenvalue weighted by Gasteiger charge is 2.33. The number of nitrogens with one attached hydrogen (secondary N) is 2. The van der Waals surface area contributed by atoms with Crippen LogP contribution in [-0.2, 0) is 14.3 Å². The average Bonchev–Trinajstić information content (AvgIpc) is 3.44. The van der Waals surface area contributed by atoms with E-state index in [1.54, 1.807) is 6.92 Å². The van der Waals surface area contributed by atoms with Gasteiger partial charge in [0.2, 0.25) is 0 Å². The second-order valence-electron chi connectivity index (χ2n) is 6.00. The zero-order valence-electron chi connectivity index (χ0n) is 13.0. The van der Waals surface area contributed by atoms with Crippen LogP contribution < -0.4 is 10.6 Å². The minimum Gasteiger partial charge on any atom is -0.462 e. The minimum absolute atomic E-state index is 0.272. The molecule has 3 rings (SSSR count). The number of carbonyl (C=O) groups is 3. The van der Waals surface area contributed by atoms with Gasteiger partial charge < -0.3 is 15.4 Å². The van der Waals surface area contributed by atoms with Crippen molar-refractivity contribution in [1.82, 2.24) is 5.32 Å². The first-order chi connectivity index (χ1) is 11.1. The monoisotopic (exact) mass is 336 g/mol. The third-order valence-electron chi connectivity index (χ3n) is 4.00. The highest BCUT2D eigenvalue weighted by Crippen LogP contribution is 2.46. The van der Waals surface area contributed by atoms with E-state index in [2.05, 4.69) is 10.6 Å². The van der Waals surface area contributed by atoms with Gasteiger partial charge in [-0.25, -0.2) is 4.79 Å². The van der Waals surface area contributed by atoms with Crippen molar-refractivity contribution in [2.24, 2.45) is 5.92 Å². The van der Waals surface area contributed by atoms with Crippen LogP contribution in [0.3, 0.4) is 0 Å². The molecule has 0 spiro atoms. The smallest absolute Gasteiger partial charge is 0.341 e. The molecule has 7 heteroatoms. The van der Waals surface area contributed by atoms with Gasteiger partial charge in [-0.15, -0.1) is 11.3 Å². The number of carbonyl (C=O) groups excluding carboxylic acids is 3. The molecule has 2 aliphatic rings. The maximum absolute atomic E-state index is 12.2. The second kappa shape index (κ2) is 6.70. The molecule has 0 atom stereocenters. The molecule has 6 nitrogen and oxygen atoms in total. The first kappa shape index (κ1) is 16.0. The summed E-state index contributed by atoms with van der Waals surface area (Å²) in [5, 5.41) is 7.46. The van der Waals surface area contributed by atoms with Gasteiger partial charge >= 0.3 is 17.8 Å². The zero-order chi connectivity index (χ0) is 16.4. The van der Waals surface area contributed by atoms with Gasteiger partial charge in [-0.1, -0.05) is 0 Å². The Morgan fingerprint density at radius 1 is 1.22 bits per heavy atom. The summed E-state index contributed by atoms with van der Waals surface area (Å²) < 4.78 is 5.09. The number of hydrogen-bond acceptors (Lipinski definition) is 5. The lowest BCUT2D eigenvalue weighted by atomic mass is 10.1. The molecule has 0 radical (unpaired) electrons. The van der Waals surface area contributed by atoms with Gasteiger partial charge in [0.05, 0.1) is 12.2 Å². The molecule has 2 amide bonds. The third-order valence-corrected chi connectivity index (χ3v) is 4.91. The average molecular weight is 336 g/mol. The molecule has 0 saturated heterocycles. The number of anilines is 1. The van der Waals surface area contributed by atoms with E-state index in [4.69, 9.17) is 4.74 Å². The molecular weight excluding hydrogens is 316 g/mol. The van der Waals surface area contributed by atoms with Gasteiger partial charge in [0, 0.05) is 6.54 Å². The van der Waals surface area contributed by atoms with E-state index in [1.165, 1.54) is 11.3 Å². The summed E-state index contributed by atoms with van der Waals surface area (Å²) in [6.45, 7) is 2.55. The predicted molar refractivity (Wildman–Crippen MR) is 86.6 cm³/mol. The predicted octanol–water partition coefficient (Wildman–Crippen LogP) is 2.27. The molecule has 0 unspecified atom stereocenters. The van der Waals surface area contributed by atoms with Gasteiger partial charge in [0.15, 0.2) is 0 Å². The first-order valence-corrected chi connectivity index (χ1v) is 8.85. The van der Waals surface area contributed by atoms with E-state index in [0.29, 0.717) is 28.9 Å². The number of rotatable bonds is 6. The lowest BCUT2D eigenvalue weighted by Gasteiger charge is -2.08. The molecule has 2 aliphatic carbocycles. The van der Waals surface area contributed by atoms with Crippen LogP contribution in [0.1, 0.15) is 54.4 Å². The van der Waals surface area contributed by atoms with Crippen molar-refractivity contribution in [2.75, 3.05) is 18.5 Å². The summed E-state index contributed by atoms with van der Waals surface area (Å²) in [5.74, 6) is -0.970. The Labute approximate surface area is 138 Å². The fraction of sp³-hybridized carbons (Fsp3) is 0.562. The van der Waals surface area contributed by atoms with E-state index < -0.39 is 17.8 Å². The minimum atomic E-state index is -0.736. The maximum atomic E-state index is 12.2. The Balaban J connectivity index is 1.69. The molecular formula is C16H20N2O4S. The van der Waals surface area contributed by atoms with Crippen LogP contribution in [0.2, 0.25) is 0 Å². The quantitative estimate of drug-likeness (QED) is 0.616. The number of hydrogen-bond donors (Lipinski definition) is 2.